The number of hydrogen-bond donors (Lipinski definition) is 2. The van der Waals surface area contributed by atoms with Crippen molar-refractivity contribution in [2.45, 2.75) is 13.3 Å². The molecule has 2 N–H and O–H groups in total. The summed E-state index contributed by atoms with van der Waals surface area (Å²) in [6.07, 6.45) is 0.722. The summed E-state index contributed by atoms with van der Waals surface area (Å²) in [5, 5.41) is 11.8. The van der Waals surface area contributed by atoms with E-state index in [1.807, 2.05) is 0 Å². The van der Waals surface area contributed by atoms with Crippen LogP contribution in [0.4, 0.5) is 10.5 Å². The van der Waals surface area contributed by atoms with Crippen LogP contribution in [0.25, 0.3) is 0 Å². The fourth-order valence-corrected chi connectivity index (χ4v) is 1.76. The van der Waals surface area contributed by atoms with E-state index >= 15 is 0 Å². The highest BCUT2D eigenvalue weighted by Gasteiger charge is 2.16. The third-order valence-corrected chi connectivity index (χ3v) is 2.92. The first-order valence-electron chi connectivity index (χ1n) is 6.31. The van der Waals surface area contributed by atoms with Crippen LogP contribution in [0, 0.1) is 6.92 Å². The largest absolute Gasteiger partial charge is 0.478 e. The summed E-state index contributed by atoms with van der Waals surface area (Å²) in [4.78, 5) is 24.7. The zero-order chi connectivity index (χ0) is 15.1. The van der Waals surface area contributed by atoms with Gasteiger partial charge in [-0.3, -0.25) is 0 Å². The van der Waals surface area contributed by atoms with Gasteiger partial charge in [-0.15, -0.1) is 0 Å². The summed E-state index contributed by atoms with van der Waals surface area (Å²) in [7, 11) is 3.26. The SMILES string of the molecule is COCCCN(C)C(=O)Nc1c(C)cccc1C(=O)O. The molecule has 6 nitrogen and oxygen atoms in total. The monoisotopic (exact) mass is 280 g/mol. The molecule has 1 aromatic carbocycles. The number of anilines is 1. The molecule has 1 rings (SSSR count). The Balaban J connectivity index is 2.77. The Morgan fingerprint density at radius 3 is 2.70 bits per heavy atom. The second-order valence-electron chi connectivity index (χ2n) is 4.50. The zero-order valence-corrected chi connectivity index (χ0v) is 12.0. The van der Waals surface area contributed by atoms with Crippen molar-refractivity contribution >= 4 is 17.7 Å². The lowest BCUT2D eigenvalue weighted by Gasteiger charge is -2.19. The lowest BCUT2D eigenvalue weighted by Crippen LogP contribution is -2.33. The first-order chi connectivity index (χ1) is 9.47. The number of carboxylic acids is 1. The van der Waals surface area contributed by atoms with Crippen LogP contribution in [0.3, 0.4) is 0 Å². The second-order valence-corrected chi connectivity index (χ2v) is 4.50. The smallest absolute Gasteiger partial charge is 0.337 e. The summed E-state index contributed by atoms with van der Waals surface area (Å²) < 4.78 is 4.92. The highest BCUT2D eigenvalue weighted by Crippen LogP contribution is 2.20. The van der Waals surface area contributed by atoms with Crippen molar-refractivity contribution in [1.29, 1.82) is 0 Å². The van der Waals surface area contributed by atoms with Gasteiger partial charge in [0.25, 0.3) is 0 Å². The second kappa shape index (κ2) is 7.49. The number of carbonyl (C=O) groups excluding carboxylic acids is 1. The summed E-state index contributed by atoms with van der Waals surface area (Å²) in [5.41, 5.74) is 1.13. The first-order valence-corrected chi connectivity index (χ1v) is 6.31. The van der Waals surface area contributed by atoms with Crippen LogP contribution in [-0.2, 0) is 4.74 Å². The normalized spacial score (nSPS) is 10.2. The molecule has 0 atom stereocenters. The molecule has 0 radical (unpaired) electrons. The van der Waals surface area contributed by atoms with Gasteiger partial charge in [-0.2, -0.15) is 0 Å². The van der Waals surface area contributed by atoms with Crippen LogP contribution in [0.2, 0.25) is 0 Å². The Hall–Kier alpha value is -2.08. The Bertz CT molecular complexity index is 488. The topological polar surface area (TPSA) is 78.9 Å². The van der Waals surface area contributed by atoms with Gasteiger partial charge in [-0.05, 0) is 25.0 Å². The molecule has 0 heterocycles. The molecule has 2 amide bonds. The number of methoxy groups -OCH3 is 1. The van der Waals surface area contributed by atoms with Gasteiger partial charge in [0.15, 0.2) is 0 Å². The third-order valence-electron chi connectivity index (χ3n) is 2.92. The Kier molecular flexibility index (Phi) is 5.99. The molecule has 0 unspecified atom stereocenters. The average Bonchev–Trinajstić information content (AvgIpc) is 2.40. The highest BCUT2D eigenvalue weighted by molar-refractivity contribution is 6.00. The van der Waals surface area contributed by atoms with Crippen molar-refractivity contribution in [3.8, 4) is 0 Å². The lowest BCUT2D eigenvalue weighted by atomic mass is 10.1. The number of aromatic carboxylic acids is 1. The molecule has 0 spiro atoms. The van der Waals surface area contributed by atoms with Gasteiger partial charge in [0.2, 0.25) is 0 Å². The molecule has 0 saturated carbocycles. The molecule has 110 valence electrons. The molecule has 0 aliphatic carbocycles. The van der Waals surface area contributed by atoms with E-state index in [0.29, 0.717) is 24.4 Å². The molecule has 0 aliphatic heterocycles. The number of ether oxygens (including phenoxy) is 1. The third kappa shape index (κ3) is 4.24. The first kappa shape index (κ1) is 16.0. The van der Waals surface area contributed by atoms with Gasteiger partial charge in [0.1, 0.15) is 0 Å². The van der Waals surface area contributed by atoms with Crippen molar-refractivity contribution in [2.24, 2.45) is 0 Å². The average molecular weight is 280 g/mol. The number of benzene rings is 1. The maximum absolute atomic E-state index is 12.0. The zero-order valence-electron chi connectivity index (χ0n) is 12.0. The minimum absolute atomic E-state index is 0.0867. The molecule has 0 fully saturated rings. The van der Waals surface area contributed by atoms with Gasteiger partial charge in [0.05, 0.1) is 11.3 Å². The van der Waals surface area contributed by atoms with E-state index in [9.17, 15) is 9.59 Å². The van der Waals surface area contributed by atoms with E-state index < -0.39 is 5.97 Å². The maximum atomic E-state index is 12.0. The fraction of sp³-hybridized carbons (Fsp3) is 0.429. The lowest BCUT2D eigenvalue weighted by molar-refractivity contribution is 0.0698. The van der Waals surface area contributed by atoms with E-state index in [4.69, 9.17) is 9.84 Å². The van der Waals surface area contributed by atoms with E-state index in [0.717, 1.165) is 6.42 Å². The highest BCUT2D eigenvalue weighted by atomic mass is 16.5. The Morgan fingerprint density at radius 2 is 2.10 bits per heavy atom. The molecular formula is C14H20N2O4. The summed E-state index contributed by atoms with van der Waals surface area (Å²) in [6.45, 7) is 2.86. The van der Waals surface area contributed by atoms with Gasteiger partial charge >= 0.3 is 12.0 Å². The van der Waals surface area contributed by atoms with Crippen LogP contribution in [0.15, 0.2) is 18.2 Å². The van der Waals surface area contributed by atoms with Gasteiger partial charge in [-0.25, -0.2) is 9.59 Å². The number of rotatable bonds is 6. The van der Waals surface area contributed by atoms with Crippen LogP contribution in [-0.4, -0.2) is 49.3 Å². The van der Waals surface area contributed by atoms with E-state index in [-0.39, 0.29) is 11.6 Å². The number of urea groups is 1. The number of carbonyl (C=O) groups is 2. The van der Waals surface area contributed by atoms with Gasteiger partial charge in [-0.1, -0.05) is 12.1 Å². The van der Waals surface area contributed by atoms with Crippen molar-refractivity contribution in [2.75, 3.05) is 32.6 Å². The van der Waals surface area contributed by atoms with E-state index in [1.54, 1.807) is 33.2 Å². The molecule has 1 aromatic rings. The summed E-state index contributed by atoms with van der Waals surface area (Å²) in [6, 6.07) is 4.54. The quantitative estimate of drug-likeness (QED) is 0.783. The van der Waals surface area contributed by atoms with Crippen molar-refractivity contribution in [1.82, 2.24) is 4.90 Å². The Morgan fingerprint density at radius 1 is 1.40 bits per heavy atom. The van der Waals surface area contributed by atoms with Gasteiger partial charge in [0, 0.05) is 27.3 Å². The number of aryl methyl sites for hydroxylation is 1. The number of amides is 2. The molecule has 0 aliphatic rings. The number of para-hydroxylation sites is 1. The van der Waals surface area contributed by atoms with Crippen LogP contribution >= 0.6 is 0 Å². The predicted molar refractivity (Wildman–Crippen MR) is 76.3 cm³/mol. The molecule has 0 aromatic heterocycles. The molecule has 0 bridgehead atoms. The molecule has 6 heteroatoms. The minimum atomic E-state index is -1.06. The molecule has 20 heavy (non-hydrogen) atoms. The molecular weight excluding hydrogens is 260 g/mol. The predicted octanol–water partition coefficient (Wildman–Crippen LogP) is 2.19. The number of nitrogens with one attached hydrogen (secondary N) is 1. The number of hydrogen-bond acceptors (Lipinski definition) is 3. The van der Waals surface area contributed by atoms with E-state index in [1.165, 1.54) is 11.0 Å². The van der Waals surface area contributed by atoms with Crippen LogP contribution < -0.4 is 5.32 Å². The fourth-order valence-electron chi connectivity index (χ4n) is 1.76. The number of carboxylic acid groups (broad SMARTS) is 1. The summed E-state index contributed by atoms with van der Waals surface area (Å²) >= 11 is 0. The van der Waals surface area contributed by atoms with Crippen molar-refractivity contribution in [3.05, 3.63) is 29.3 Å². The molecule has 0 saturated heterocycles. The van der Waals surface area contributed by atoms with Gasteiger partial charge < -0.3 is 20.1 Å². The van der Waals surface area contributed by atoms with Crippen molar-refractivity contribution < 1.29 is 19.4 Å². The minimum Gasteiger partial charge on any atom is -0.478 e. The maximum Gasteiger partial charge on any atom is 0.337 e. The Labute approximate surface area is 118 Å². The summed E-state index contributed by atoms with van der Waals surface area (Å²) in [5.74, 6) is -1.06. The van der Waals surface area contributed by atoms with Crippen LogP contribution in [0.1, 0.15) is 22.3 Å². The van der Waals surface area contributed by atoms with Crippen molar-refractivity contribution in [3.63, 3.8) is 0 Å². The van der Waals surface area contributed by atoms with E-state index in [2.05, 4.69) is 5.32 Å². The standard InChI is InChI=1S/C14H20N2O4/c1-10-6-4-7-11(13(17)18)12(10)15-14(19)16(2)8-5-9-20-3/h4,6-7H,5,8-9H2,1-3H3,(H,15,19)(H,17,18). The number of nitrogens with zero attached hydrogens (tertiary/aromatic N) is 1. The van der Waals surface area contributed by atoms with Crippen LogP contribution in [0.5, 0.6) is 0 Å².